The zero-order valence-corrected chi connectivity index (χ0v) is 12.8. The number of benzene rings is 1. The maximum Gasteiger partial charge on any atom is 0.240 e. The van der Waals surface area contributed by atoms with Gasteiger partial charge in [0.2, 0.25) is 10.0 Å². The molecule has 0 aliphatic carbocycles. The van der Waals surface area contributed by atoms with Gasteiger partial charge < -0.3 is 5.73 Å². The van der Waals surface area contributed by atoms with Crippen LogP contribution in [0.15, 0.2) is 23.1 Å². The summed E-state index contributed by atoms with van der Waals surface area (Å²) in [5.74, 6) is 0.661. The smallest absolute Gasteiger partial charge is 0.240 e. The van der Waals surface area contributed by atoms with Gasteiger partial charge in [0.25, 0.3) is 0 Å². The number of nitrogen functional groups attached to an aromatic ring is 1. The summed E-state index contributed by atoms with van der Waals surface area (Å²) in [5, 5.41) is 0. The minimum Gasteiger partial charge on any atom is -0.398 e. The SMILES string of the molecule is Cc1ccc(S(=O)(=O)NCCCCC(C)C)cc1N. The molecule has 0 radical (unpaired) electrons. The lowest BCUT2D eigenvalue weighted by Crippen LogP contribution is -2.25. The molecule has 0 saturated heterocycles. The molecule has 0 fully saturated rings. The molecule has 108 valence electrons. The van der Waals surface area contributed by atoms with Crippen molar-refractivity contribution in [3.63, 3.8) is 0 Å². The highest BCUT2D eigenvalue weighted by Crippen LogP contribution is 2.17. The first-order chi connectivity index (χ1) is 8.83. The number of aryl methyl sites for hydroxylation is 1. The summed E-state index contributed by atoms with van der Waals surface area (Å²) in [6.07, 6.45) is 3.02. The van der Waals surface area contributed by atoms with Crippen molar-refractivity contribution in [3.05, 3.63) is 23.8 Å². The molecule has 1 rings (SSSR count). The van der Waals surface area contributed by atoms with E-state index in [1.54, 1.807) is 12.1 Å². The van der Waals surface area contributed by atoms with Crippen LogP contribution in [-0.4, -0.2) is 15.0 Å². The molecule has 19 heavy (non-hydrogen) atoms. The minimum atomic E-state index is -3.43. The molecule has 0 saturated carbocycles. The van der Waals surface area contributed by atoms with Gasteiger partial charge in [0.15, 0.2) is 0 Å². The van der Waals surface area contributed by atoms with Crippen molar-refractivity contribution in [3.8, 4) is 0 Å². The predicted octanol–water partition coefficient (Wildman–Crippen LogP) is 2.68. The maximum atomic E-state index is 12.0. The molecular weight excluding hydrogens is 260 g/mol. The van der Waals surface area contributed by atoms with Crippen LogP contribution in [0.4, 0.5) is 5.69 Å². The monoisotopic (exact) mass is 284 g/mol. The van der Waals surface area contributed by atoms with E-state index in [9.17, 15) is 8.42 Å². The molecule has 1 aromatic rings. The predicted molar refractivity (Wildman–Crippen MR) is 79.5 cm³/mol. The summed E-state index contributed by atoms with van der Waals surface area (Å²) in [7, 11) is -3.43. The Morgan fingerprint density at radius 3 is 2.53 bits per heavy atom. The van der Waals surface area contributed by atoms with Crippen LogP contribution in [0.5, 0.6) is 0 Å². The number of anilines is 1. The Kier molecular flexibility index (Phi) is 5.82. The van der Waals surface area contributed by atoms with Gasteiger partial charge in [0, 0.05) is 12.2 Å². The van der Waals surface area contributed by atoms with Crippen LogP contribution < -0.4 is 10.5 Å². The number of rotatable bonds is 7. The summed E-state index contributed by atoms with van der Waals surface area (Å²) < 4.78 is 26.7. The molecule has 0 bridgehead atoms. The second kappa shape index (κ2) is 6.91. The molecular formula is C14H24N2O2S. The van der Waals surface area contributed by atoms with Crippen LogP contribution in [0.2, 0.25) is 0 Å². The first kappa shape index (κ1) is 16.0. The highest BCUT2D eigenvalue weighted by Gasteiger charge is 2.13. The quantitative estimate of drug-likeness (QED) is 0.597. The largest absolute Gasteiger partial charge is 0.398 e. The van der Waals surface area contributed by atoms with Crippen LogP contribution in [0.25, 0.3) is 0 Å². The first-order valence-corrected chi connectivity index (χ1v) is 8.17. The summed E-state index contributed by atoms with van der Waals surface area (Å²) in [4.78, 5) is 0.236. The standard InChI is InChI=1S/C14H24N2O2S/c1-11(2)6-4-5-9-16-19(17,18)13-8-7-12(3)14(15)10-13/h7-8,10-11,16H,4-6,9,15H2,1-3H3. The van der Waals surface area contributed by atoms with Crippen molar-refractivity contribution in [1.82, 2.24) is 4.72 Å². The highest BCUT2D eigenvalue weighted by atomic mass is 32.2. The number of hydrogen-bond donors (Lipinski definition) is 2. The molecule has 1 aromatic carbocycles. The number of nitrogens with one attached hydrogen (secondary N) is 1. The normalized spacial score (nSPS) is 12.0. The van der Waals surface area contributed by atoms with Crippen molar-refractivity contribution >= 4 is 15.7 Å². The number of nitrogens with two attached hydrogens (primary N) is 1. The number of sulfonamides is 1. The van der Waals surface area contributed by atoms with Gasteiger partial charge >= 0.3 is 0 Å². The molecule has 4 nitrogen and oxygen atoms in total. The average Bonchev–Trinajstić information content (AvgIpc) is 2.31. The Bertz CT molecular complexity index is 510. The van der Waals surface area contributed by atoms with Crippen molar-refractivity contribution in [2.45, 2.75) is 44.9 Å². The average molecular weight is 284 g/mol. The van der Waals surface area contributed by atoms with Gasteiger partial charge in [-0.05, 0) is 37.0 Å². The van der Waals surface area contributed by atoms with Crippen molar-refractivity contribution < 1.29 is 8.42 Å². The third-order valence-electron chi connectivity index (χ3n) is 3.06. The van der Waals surface area contributed by atoms with Crippen LogP contribution in [0.3, 0.4) is 0 Å². The molecule has 0 aliphatic rings. The Balaban J connectivity index is 2.54. The highest BCUT2D eigenvalue weighted by molar-refractivity contribution is 7.89. The number of unbranched alkanes of at least 4 members (excludes halogenated alkanes) is 1. The topological polar surface area (TPSA) is 72.2 Å². The van der Waals surface area contributed by atoms with Crippen LogP contribution in [0, 0.1) is 12.8 Å². The Morgan fingerprint density at radius 1 is 1.26 bits per heavy atom. The molecule has 0 spiro atoms. The van der Waals surface area contributed by atoms with Gasteiger partial charge in [-0.15, -0.1) is 0 Å². The molecule has 0 amide bonds. The molecule has 0 heterocycles. The fraction of sp³-hybridized carbons (Fsp3) is 0.571. The lowest BCUT2D eigenvalue weighted by molar-refractivity contribution is 0.530. The fourth-order valence-corrected chi connectivity index (χ4v) is 2.86. The van der Waals surface area contributed by atoms with Crippen molar-refractivity contribution in [1.29, 1.82) is 0 Å². The molecule has 5 heteroatoms. The van der Waals surface area contributed by atoms with Gasteiger partial charge in [0.05, 0.1) is 4.90 Å². The van der Waals surface area contributed by atoms with Crippen LogP contribution >= 0.6 is 0 Å². The Hall–Kier alpha value is -1.07. The summed E-state index contributed by atoms with van der Waals surface area (Å²) in [6, 6.07) is 4.82. The third-order valence-corrected chi connectivity index (χ3v) is 4.52. The van der Waals surface area contributed by atoms with E-state index in [1.807, 2.05) is 6.92 Å². The van der Waals surface area contributed by atoms with E-state index >= 15 is 0 Å². The first-order valence-electron chi connectivity index (χ1n) is 6.68. The van der Waals surface area contributed by atoms with Gasteiger partial charge in [-0.2, -0.15) is 0 Å². The Morgan fingerprint density at radius 2 is 1.95 bits per heavy atom. The molecule has 3 N–H and O–H groups in total. The summed E-state index contributed by atoms with van der Waals surface area (Å²) >= 11 is 0. The lowest BCUT2D eigenvalue weighted by atomic mass is 10.1. The molecule has 0 atom stereocenters. The van der Waals surface area contributed by atoms with E-state index in [0.717, 1.165) is 24.8 Å². The summed E-state index contributed by atoms with van der Waals surface area (Å²) in [5.41, 5.74) is 7.12. The van der Waals surface area contributed by atoms with Gasteiger partial charge in [-0.1, -0.05) is 32.8 Å². The van der Waals surface area contributed by atoms with Gasteiger partial charge in [-0.3, -0.25) is 0 Å². The van der Waals surface area contributed by atoms with Crippen molar-refractivity contribution in [2.75, 3.05) is 12.3 Å². The molecule has 0 aliphatic heterocycles. The number of hydrogen-bond acceptors (Lipinski definition) is 3. The van der Waals surface area contributed by atoms with E-state index < -0.39 is 10.0 Å². The van der Waals surface area contributed by atoms with Gasteiger partial charge in [0.1, 0.15) is 0 Å². The van der Waals surface area contributed by atoms with E-state index in [-0.39, 0.29) is 4.90 Å². The second-order valence-corrected chi connectivity index (χ2v) is 7.07. The summed E-state index contributed by atoms with van der Waals surface area (Å²) in [6.45, 7) is 6.66. The van der Waals surface area contributed by atoms with E-state index in [4.69, 9.17) is 5.73 Å². The van der Waals surface area contributed by atoms with Crippen LogP contribution in [0.1, 0.15) is 38.7 Å². The van der Waals surface area contributed by atoms with Crippen molar-refractivity contribution in [2.24, 2.45) is 5.92 Å². The second-order valence-electron chi connectivity index (χ2n) is 5.31. The fourth-order valence-electron chi connectivity index (χ4n) is 1.75. The van der Waals surface area contributed by atoms with E-state index in [1.165, 1.54) is 6.07 Å². The lowest BCUT2D eigenvalue weighted by Gasteiger charge is -2.09. The van der Waals surface area contributed by atoms with Crippen LogP contribution in [-0.2, 0) is 10.0 Å². The maximum absolute atomic E-state index is 12.0. The minimum absolute atomic E-state index is 0.236. The van der Waals surface area contributed by atoms with Gasteiger partial charge in [-0.25, -0.2) is 13.1 Å². The van der Waals surface area contributed by atoms with E-state index in [2.05, 4.69) is 18.6 Å². The molecule has 0 unspecified atom stereocenters. The zero-order chi connectivity index (χ0) is 14.5. The zero-order valence-electron chi connectivity index (χ0n) is 11.9. The third kappa shape index (κ3) is 5.20. The van der Waals surface area contributed by atoms with E-state index in [0.29, 0.717) is 18.2 Å². The molecule has 0 aromatic heterocycles. The Labute approximate surface area is 116 Å².